The van der Waals surface area contributed by atoms with E-state index in [4.69, 9.17) is 9.47 Å². The van der Waals surface area contributed by atoms with Crippen molar-refractivity contribution in [3.8, 4) is 0 Å². The van der Waals surface area contributed by atoms with Gasteiger partial charge in [-0.2, -0.15) is 0 Å². The quantitative estimate of drug-likeness (QED) is 0.664. The second-order valence-corrected chi connectivity index (χ2v) is 7.05. The van der Waals surface area contributed by atoms with Gasteiger partial charge in [0.2, 0.25) is 0 Å². The molecule has 0 unspecified atom stereocenters. The van der Waals surface area contributed by atoms with E-state index in [9.17, 15) is 5.11 Å². The summed E-state index contributed by atoms with van der Waals surface area (Å²) in [5, 5.41) is 9.53. The lowest BCUT2D eigenvalue weighted by Gasteiger charge is -2.25. The maximum absolute atomic E-state index is 9.53. The Morgan fingerprint density at radius 3 is 2.38 bits per heavy atom. The van der Waals surface area contributed by atoms with Crippen LogP contribution in [0.5, 0.6) is 0 Å². The molecular formula is C17H33NO3. The van der Waals surface area contributed by atoms with E-state index in [0.29, 0.717) is 0 Å². The van der Waals surface area contributed by atoms with Gasteiger partial charge in [-0.25, -0.2) is 0 Å². The maximum atomic E-state index is 9.53. The van der Waals surface area contributed by atoms with Crippen molar-refractivity contribution in [2.45, 2.75) is 83.8 Å². The van der Waals surface area contributed by atoms with Crippen LogP contribution in [0.1, 0.15) is 65.7 Å². The van der Waals surface area contributed by atoms with Crippen molar-refractivity contribution in [2.75, 3.05) is 19.7 Å². The Morgan fingerprint density at radius 1 is 1.05 bits per heavy atom. The lowest BCUT2D eigenvalue weighted by molar-refractivity contribution is -0.173. The van der Waals surface area contributed by atoms with Crippen molar-refractivity contribution in [1.29, 1.82) is 0 Å². The zero-order valence-electron chi connectivity index (χ0n) is 14.0. The molecule has 0 radical (unpaired) electrons. The second-order valence-electron chi connectivity index (χ2n) is 7.05. The van der Waals surface area contributed by atoms with Gasteiger partial charge in [0.15, 0.2) is 5.79 Å². The molecule has 2 saturated heterocycles. The van der Waals surface area contributed by atoms with Crippen molar-refractivity contribution in [1.82, 2.24) is 4.90 Å². The smallest absolute Gasteiger partial charge is 0.165 e. The van der Waals surface area contributed by atoms with Gasteiger partial charge in [0.25, 0.3) is 0 Å². The van der Waals surface area contributed by atoms with Crippen LogP contribution in [0.2, 0.25) is 0 Å². The molecule has 0 aromatic carbocycles. The van der Waals surface area contributed by atoms with Crippen molar-refractivity contribution < 1.29 is 14.6 Å². The number of hydrogen-bond donors (Lipinski definition) is 1. The van der Waals surface area contributed by atoms with Gasteiger partial charge in [-0.3, -0.25) is 4.90 Å². The molecule has 2 aliphatic rings. The number of hydrogen-bond acceptors (Lipinski definition) is 4. The van der Waals surface area contributed by atoms with Crippen molar-refractivity contribution >= 4 is 0 Å². The van der Waals surface area contributed by atoms with Crippen LogP contribution in [0.4, 0.5) is 0 Å². The Kier molecular flexibility index (Phi) is 6.48. The summed E-state index contributed by atoms with van der Waals surface area (Å²) >= 11 is 0. The van der Waals surface area contributed by atoms with E-state index >= 15 is 0 Å². The number of ether oxygens (including phenoxy) is 2. The van der Waals surface area contributed by atoms with Gasteiger partial charge in [0.05, 0.1) is 0 Å². The number of fused-ring (bicyclic) bond motifs is 1. The predicted molar refractivity (Wildman–Crippen MR) is 84.0 cm³/mol. The van der Waals surface area contributed by atoms with E-state index in [1.807, 2.05) is 13.8 Å². The molecular weight excluding hydrogens is 266 g/mol. The first-order valence-electron chi connectivity index (χ1n) is 8.78. The van der Waals surface area contributed by atoms with Crippen LogP contribution in [-0.2, 0) is 9.47 Å². The van der Waals surface area contributed by atoms with Crippen LogP contribution in [0, 0.1) is 5.92 Å². The van der Waals surface area contributed by atoms with Gasteiger partial charge in [-0.05, 0) is 20.3 Å². The van der Waals surface area contributed by atoms with Crippen molar-refractivity contribution in [3.05, 3.63) is 0 Å². The van der Waals surface area contributed by atoms with E-state index in [-0.39, 0.29) is 24.9 Å². The third-order valence-corrected chi connectivity index (χ3v) is 4.68. The van der Waals surface area contributed by atoms with Crippen LogP contribution >= 0.6 is 0 Å². The third kappa shape index (κ3) is 4.65. The summed E-state index contributed by atoms with van der Waals surface area (Å²) in [5.74, 6) is -0.317. The van der Waals surface area contributed by atoms with E-state index in [0.717, 1.165) is 13.1 Å². The summed E-state index contributed by atoms with van der Waals surface area (Å²) < 4.78 is 12.0. The topological polar surface area (TPSA) is 41.9 Å². The first-order chi connectivity index (χ1) is 10.1. The van der Waals surface area contributed by atoms with Gasteiger partial charge in [0.1, 0.15) is 12.3 Å². The second kappa shape index (κ2) is 7.91. The summed E-state index contributed by atoms with van der Waals surface area (Å²) in [6.07, 6.45) is 9.36. The monoisotopic (exact) mass is 299 g/mol. The Labute approximate surface area is 129 Å². The van der Waals surface area contributed by atoms with Crippen molar-refractivity contribution in [2.24, 2.45) is 5.92 Å². The normalized spacial score (nSPS) is 31.7. The van der Waals surface area contributed by atoms with Gasteiger partial charge >= 0.3 is 0 Å². The van der Waals surface area contributed by atoms with Gasteiger partial charge in [0, 0.05) is 25.6 Å². The molecule has 2 rings (SSSR count). The number of likely N-dealkylation sites (tertiary alicyclic amines) is 1. The average molecular weight is 299 g/mol. The van der Waals surface area contributed by atoms with Gasteiger partial charge in [-0.15, -0.1) is 0 Å². The molecule has 2 fully saturated rings. The molecule has 21 heavy (non-hydrogen) atoms. The molecule has 0 spiro atoms. The zero-order chi connectivity index (χ0) is 15.3. The largest absolute Gasteiger partial charge is 0.396 e. The zero-order valence-corrected chi connectivity index (χ0v) is 14.0. The third-order valence-electron chi connectivity index (χ3n) is 4.68. The molecule has 4 heteroatoms. The van der Waals surface area contributed by atoms with Gasteiger partial charge < -0.3 is 14.6 Å². The molecule has 4 nitrogen and oxygen atoms in total. The lowest BCUT2D eigenvalue weighted by atomic mass is 10.1. The maximum Gasteiger partial charge on any atom is 0.165 e. The fraction of sp³-hybridized carbons (Fsp3) is 1.00. The summed E-state index contributed by atoms with van der Waals surface area (Å²) in [5.41, 5.74) is 0. The number of unbranched alkanes of at least 4 members (excludes halogenated alkanes) is 6. The Balaban J connectivity index is 1.69. The fourth-order valence-corrected chi connectivity index (χ4v) is 3.54. The molecule has 0 saturated carbocycles. The average Bonchev–Trinajstić information content (AvgIpc) is 2.91. The minimum atomic E-state index is -0.512. The molecule has 1 N–H and O–H groups in total. The van der Waals surface area contributed by atoms with Crippen molar-refractivity contribution in [3.63, 3.8) is 0 Å². The van der Waals surface area contributed by atoms with Gasteiger partial charge in [-0.1, -0.05) is 45.4 Å². The molecule has 0 aliphatic carbocycles. The molecule has 2 heterocycles. The molecule has 0 aromatic rings. The van der Waals surface area contributed by atoms with E-state index in [1.54, 1.807) is 0 Å². The molecule has 0 amide bonds. The predicted octanol–water partition coefficient (Wildman–Crippen LogP) is 3.14. The highest BCUT2D eigenvalue weighted by molar-refractivity contribution is 4.94. The molecule has 124 valence electrons. The highest BCUT2D eigenvalue weighted by Crippen LogP contribution is 2.39. The van der Waals surface area contributed by atoms with E-state index < -0.39 is 5.79 Å². The van der Waals surface area contributed by atoms with E-state index in [2.05, 4.69) is 11.8 Å². The minimum Gasteiger partial charge on any atom is -0.396 e. The highest BCUT2D eigenvalue weighted by Gasteiger charge is 2.52. The van der Waals surface area contributed by atoms with Crippen LogP contribution in [-0.4, -0.2) is 47.8 Å². The fourth-order valence-electron chi connectivity index (χ4n) is 3.54. The summed E-state index contributed by atoms with van der Waals surface area (Å²) in [4.78, 5) is 2.37. The highest BCUT2D eigenvalue weighted by atomic mass is 16.8. The number of nitrogens with zero attached hydrogens (tertiary/aromatic N) is 1. The first-order valence-corrected chi connectivity index (χ1v) is 8.78. The molecule has 3 atom stereocenters. The Morgan fingerprint density at radius 2 is 1.71 bits per heavy atom. The Hall–Kier alpha value is -0.160. The number of aliphatic hydroxyl groups excluding tert-OH is 1. The number of rotatable bonds is 9. The van der Waals surface area contributed by atoms with Crippen LogP contribution in [0.3, 0.4) is 0 Å². The summed E-state index contributed by atoms with van der Waals surface area (Å²) in [7, 11) is 0. The first kappa shape index (κ1) is 17.2. The molecule has 0 aromatic heterocycles. The standard InChI is InChI=1S/C17H33NO3/c1-4-5-6-7-8-9-10-11-18-12-14(13-19)15-16(18)21-17(2,3)20-15/h14-16,19H,4-13H2,1-3H3/t14-,15-,16+/m0/s1. The Bertz CT molecular complexity index is 308. The SMILES string of the molecule is CCCCCCCCCN1C[C@@H](CO)[C@@H]2OC(C)(C)O[C@H]21. The van der Waals surface area contributed by atoms with Crippen LogP contribution in [0.25, 0.3) is 0 Å². The summed E-state index contributed by atoms with van der Waals surface area (Å²) in [6.45, 7) is 8.33. The minimum absolute atomic E-state index is 0.0366. The number of aliphatic hydroxyl groups is 1. The molecule has 0 bridgehead atoms. The summed E-state index contributed by atoms with van der Waals surface area (Å²) in [6, 6.07) is 0. The van der Waals surface area contributed by atoms with Crippen LogP contribution in [0.15, 0.2) is 0 Å². The molecule has 2 aliphatic heterocycles. The van der Waals surface area contributed by atoms with Crippen LogP contribution < -0.4 is 0 Å². The van der Waals surface area contributed by atoms with E-state index in [1.165, 1.54) is 44.9 Å². The lowest BCUT2D eigenvalue weighted by Crippen LogP contribution is -2.35.